The topological polar surface area (TPSA) is 105 Å². The van der Waals surface area contributed by atoms with Gasteiger partial charge in [0, 0.05) is 23.4 Å². The van der Waals surface area contributed by atoms with E-state index in [1.807, 2.05) is 0 Å². The van der Waals surface area contributed by atoms with Gasteiger partial charge in [-0.15, -0.1) is 0 Å². The van der Waals surface area contributed by atoms with Gasteiger partial charge >= 0.3 is 11.7 Å². The molecule has 0 spiro atoms. The Kier molecular flexibility index (Phi) is 4.25. The van der Waals surface area contributed by atoms with E-state index in [0.717, 1.165) is 0 Å². The molecule has 0 aliphatic carbocycles. The number of carboxylic acids is 1. The van der Waals surface area contributed by atoms with Crippen LogP contribution in [0.25, 0.3) is 10.9 Å². The summed E-state index contributed by atoms with van der Waals surface area (Å²) in [6.07, 6.45) is 0.301. The van der Waals surface area contributed by atoms with Crippen molar-refractivity contribution in [1.29, 1.82) is 0 Å². The van der Waals surface area contributed by atoms with Crippen molar-refractivity contribution in [2.45, 2.75) is 32.2 Å². The number of nitrogens with one attached hydrogen (secondary N) is 1. The maximum absolute atomic E-state index is 11.2. The molecule has 2 aromatic rings. The van der Waals surface area contributed by atoms with Crippen LogP contribution in [0.2, 0.25) is 0 Å². The van der Waals surface area contributed by atoms with Crippen LogP contribution in [0.15, 0.2) is 30.3 Å². The number of anilines is 1. The van der Waals surface area contributed by atoms with Crippen LogP contribution in [-0.4, -0.2) is 26.5 Å². The molecule has 2 rings (SSSR count). The van der Waals surface area contributed by atoms with Gasteiger partial charge in [0.25, 0.3) is 0 Å². The summed E-state index contributed by atoms with van der Waals surface area (Å²) in [4.78, 5) is 25.8. The summed E-state index contributed by atoms with van der Waals surface area (Å²) in [6.45, 7) is 3.58. The second-order valence-electron chi connectivity index (χ2n) is 5.71. The van der Waals surface area contributed by atoms with E-state index in [2.05, 4.69) is 10.3 Å². The minimum absolute atomic E-state index is 0.0264. The molecule has 1 aromatic heterocycles. The van der Waals surface area contributed by atoms with E-state index in [4.69, 9.17) is 5.11 Å². The standard InChI is InChI=1S/C15H17N3O4/c1-15(2,8-7-13(19)20)17-14-12(18(21)22)9-10-5-3-4-6-11(10)16-14/h3-6,9H,7-8H2,1-2H3,(H,16,17)(H,19,20). The summed E-state index contributed by atoms with van der Waals surface area (Å²) < 4.78 is 0. The van der Waals surface area contributed by atoms with Crippen molar-refractivity contribution < 1.29 is 14.8 Å². The molecule has 0 saturated carbocycles. The zero-order valence-electron chi connectivity index (χ0n) is 12.4. The van der Waals surface area contributed by atoms with Crippen LogP contribution in [0.3, 0.4) is 0 Å². The first kappa shape index (κ1) is 15.7. The highest BCUT2D eigenvalue weighted by Gasteiger charge is 2.25. The fourth-order valence-corrected chi connectivity index (χ4v) is 2.14. The molecule has 116 valence electrons. The molecule has 1 heterocycles. The number of carbonyl (C=O) groups is 1. The lowest BCUT2D eigenvalue weighted by molar-refractivity contribution is -0.384. The van der Waals surface area contributed by atoms with Gasteiger partial charge in [-0.2, -0.15) is 0 Å². The Bertz CT molecular complexity index is 728. The number of aliphatic carboxylic acids is 1. The smallest absolute Gasteiger partial charge is 0.312 e. The summed E-state index contributed by atoms with van der Waals surface area (Å²) in [5.74, 6) is -0.755. The summed E-state index contributed by atoms with van der Waals surface area (Å²) in [5.41, 5.74) is -0.106. The Morgan fingerprint density at radius 2 is 2.09 bits per heavy atom. The van der Waals surface area contributed by atoms with Gasteiger partial charge in [0.2, 0.25) is 5.82 Å². The molecule has 0 aliphatic heterocycles. The van der Waals surface area contributed by atoms with E-state index in [-0.39, 0.29) is 17.9 Å². The summed E-state index contributed by atoms with van der Waals surface area (Å²) in [5, 5.41) is 23.7. The molecular formula is C15H17N3O4. The first-order valence-corrected chi connectivity index (χ1v) is 6.83. The van der Waals surface area contributed by atoms with Crippen molar-refractivity contribution in [2.24, 2.45) is 0 Å². The Balaban J connectivity index is 2.38. The van der Waals surface area contributed by atoms with Crippen LogP contribution in [0.1, 0.15) is 26.7 Å². The normalized spacial score (nSPS) is 11.4. The van der Waals surface area contributed by atoms with Gasteiger partial charge in [0.05, 0.1) is 10.4 Å². The summed E-state index contributed by atoms with van der Waals surface area (Å²) >= 11 is 0. The Morgan fingerprint density at radius 3 is 2.73 bits per heavy atom. The van der Waals surface area contributed by atoms with Gasteiger partial charge in [-0.1, -0.05) is 18.2 Å². The van der Waals surface area contributed by atoms with Gasteiger partial charge < -0.3 is 10.4 Å². The zero-order valence-corrected chi connectivity index (χ0v) is 12.4. The van der Waals surface area contributed by atoms with Crippen molar-refractivity contribution >= 4 is 28.4 Å². The van der Waals surface area contributed by atoms with Crippen molar-refractivity contribution in [1.82, 2.24) is 4.98 Å². The fraction of sp³-hybridized carbons (Fsp3) is 0.333. The number of hydrogen-bond donors (Lipinski definition) is 2. The Morgan fingerprint density at radius 1 is 1.41 bits per heavy atom. The highest BCUT2D eigenvalue weighted by atomic mass is 16.6. The first-order chi connectivity index (χ1) is 10.3. The second kappa shape index (κ2) is 5.97. The maximum atomic E-state index is 11.2. The van der Waals surface area contributed by atoms with Gasteiger partial charge in [0.1, 0.15) is 0 Å². The predicted molar refractivity (Wildman–Crippen MR) is 83.0 cm³/mol. The second-order valence-corrected chi connectivity index (χ2v) is 5.71. The average molecular weight is 303 g/mol. The first-order valence-electron chi connectivity index (χ1n) is 6.83. The Labute approximate surface area is 127 Å². The Hall–Kier alpha value is -2.70. The van der Waals surface area contributed by atoms with Crippen molar-refractivity contribution in [3.63, 3.8) is 0 Å². The third-order valence-corrected chi connectivity index (χ3v) is 3.32. The zero-order chi connectivity index (χ0) is 16.3. The number of fused-ring (bicyclic) bond motifs is 1. The fourth-order valence-electron chi connectivity index (χ4n) is 2.14. The number of aromatic nitrogens is 1. The third kappa shape index (κ3) is 3.69. The quantitative estimate of drug-likeness (QED) is 0.627. The monoisotopic (exact) mass is 303 g/mol. The number of carboxylic acid groups (broad SMARTS) is 1. The number of nitro groups is 1. The molecule has 2 N–H and O–H groups in total. The van der Waals surface area contributed by atoms with Crippen LogP contribution in [0, 0.1) is 10.1 Å². The minimum atomic E-state index is -0.907. The highest BCUT2D eigenvalue weighted by Crippen LogP contribution is 2.30. The van der Waals surface area contributed by atoms with Crippen LogP contribution in [-0.2, 0) is 4.79 Å². The molecule has 7 nitrogen and oxygen atoms in total. The molecule has 0 unspecified atom stereocenters. The molecular weight excluding hydrogens is 286 g/mol. The van der Waals surface area contributed by atoms with Crippen LogP contribution in [0.4, 0.5) is 11.5 Å². The van der Waals surface area contributed by atoms with Crippen LogP contribution < -0.4 is 5.32 Å². The largest absolute Gasteiger partial charge is 0.481 e. The average Bonchev–Trinajstić information content (AvgIpc) is 2.44. The molecule has 1 aromatic carbocycles. The lowest BCUT2D eigenvalue weighted by Gasteiger charge is -2.26. The van der Waals surface area contributed by atoms with E-state index < -0.39 is 16.4 Å². The SMILES string of the molecule is CC(C)(CCC(=O)O)Nc1nc2ccccc2cc1[N+](=O)[O-]. The van der Waals surface area contributed by atoms with E-state index in [0.29, 0.717) is 17.3 Å². The lowest BCUT2D eigenvalue weighted by atomic mass is 9.98. The van der Waals surface area contributed by atoms with Crippen molar-refractivity contribution in [2.75, 3.05) is 5.32 Å². The van der Waals surface area contributed by atoms with Crippen LogP contribution >= 0.6 is 0 Å². The third-order valence-electron chi connectivity index (χ3n) is 3.32. The number of benzene rings is 1. The molecule has 0 atom stereocenters. The van der Waals surface area contributed by atoms with E-state index in [1.165, 1.54) is 6.07 Å². The number of pyridine rings is 1. The van der Waals surface area contributed by atoms with Crippen molar-refractivity contribution in [3.05, 3.63) is 40.4 Å². The van der Waals surface area contributed by atoms with Gasteiger partial charge in [0.15, 0.2) is 0 Å². The molecule has 7 heteroatoms. The van der Waals surface area contributed by atoms with E-state index in [1.54, 1.807) is 38.1 Å². The highest BCUT2D eigenvalue weighted by molar-refractivity contribution is 5.84. The van der Waals surface area contributed by atoms with Gasteiger partial charge in [-0.3, -0.25) is 14.9 Å². The molecule has 0 radical (unpaired) electrons. The molecule has 22 heavy (non-hydrogen) atoms. The molecule has 0 fully saturated rings. The van der Waals surface area contributed by atoms with E-state index >= 15 is 0 Å². The molecule has 0 aliphatic rings. The van der Waals surface area contributed by atoms with E-state index in [9.17, 15) is 14.9 Å². The maximum Gasteiger partial charge on any atom is 0.312 e. The molecule has 0 amide bonds. The minimum Gasteiger partial charge on any atom is -0.481 e. The number of para-hydroxylation sites is 1. The number of rotatable bonds is 6. The molecule has 0 bridgehead atoms. The summed E-state index contributed by atoms with van der Waals surface area (Å²) in [7, 11) is 0. The lowest BCUT2D eigenvalue weighted by Crippen LogP contribution is -2.32. The molecule has 0 saturated heterocycles. The number of nitrogens with zero attached hydrogens (tertiary/aromatic N) is 2. The van der Waals surface area contributed by atoms with Gasteiger partial charge in [-0.25, -0.2) is 4.98 Å². The predicted octanol–water partition coefficient (Wildman–Crippen LogP) is 3.20. The summed E-state index contributed by atoms with van der Waals surface area (Å²) in [6, 6.07) is 8.60. The van der Waals surface area contributed by atoms with Gasteiger partial charge in [-0.05, 0) is 26.3 Å². The number of hydrogen-bond acceptors (Lipinski definition) is 5. The van der Waals surface area contributed by atoms with Crippen molar-refractivity contribution in [3.8, 4) is 0 Å². The van der Waals surface area contributed by atoms with Crippen LogP contribution in [0.5, 0.6) is 0 Å².